The second kappa shape index (κ2) is 7.63. The number of carbonyl (C=O) groups excluding carboxylic acids is 1. The standard InChI is InChI=1S/C17H21N3O3S/c1-22-14-4-3-12(5-15(14)23-2)17-20-13(10-24-17)6-16(21)19-9-11-7-18-8-11/h3-5,10-11,18H,6-9H2,1-2H3,(H,19,21). The van der Waals surface area contributed by atoms with Gasteiger partial charge in [-0.25, -0.2) is 4.98 Å². The van der Waals surface area contributed by atoms with Crippen molar-refractivity contribution in [2.45, 2.75) is 6.42 Å². The lowest BCUT2D eigenvalue weighted by Gasteiger charge is -2.26. The molecule has 0 radical (unpaired) electrons. The van der Waals surface area contributed by atoms with Crippen molar-refractivity contribution in [3.8, 4) is 22.1 Å². The number of ether oxygens (including phenoxy) is 2. The molecule has 2 heterocycles. The Bertz CT molecular complexity index is 713. The second-order valence-corrected chi connectivity index (χ2v) is 6.58. The maximum absolute atomic E-state index is 12.0. The van der Waals surface area contributed by atoms with E-state index in [4.69, 9.17) is 9.47 Å². The van der Waals surface area contributed by atoms with E-state index in [1.165, 1.54) is 11.3 Å². The van der Waals surface area contributed by atoms with E-state index in [-0.39, 0.29) is 5.91 Å². The molecule has 0 aliphatic carbocycles. The molecule has 3 rings (SSSR count). The molecular formula is C17H21N3O3S. The molecule has 1 aliphatic heterocycles. The highest BCUT2D eigenvalue weighted by atomic mass is 32.1. The van der Waals surface area contributed by atoms with Crippen molar-refractivity contribution in [3.05, 3.63) is 29.3 Å². The average molecular weight is 347 g/mol. The molecule has 1 saturated heterocycles. The van der Waals surface area contributed by atoms with Gasteiger partial charge >= 0.3 is 0 Å². The smallest absolute Gasteiger partial charge is 0.226 e. The Balaban J connectivity index is 1.63. The van der Waals surface area contributed by atoms with Crippen LogP contribution in [-0.4, -0.2) is 44.7 Å². The second-order valence-electron chi connectivity index (χ2n) is 5.72. The first-order valence-corrected chi connectivity index (χ1v) is 8.71. The molecule has 128 valence electrons. The third kappa shape index (κ3) is 3.85. The Hall–Kier alpha value is -2.12. The summed E-state index contributed by atoms with van der Waals surface area (Å²) < 4.78 is 10.6. The number of methoxy groups -OCH3 is 2. The van der Waals surface area contributed by atoms with Crippen molar-refractivity contribution in [1.82, 2.24) is 15.6 Å². The Morgan fingerprint density at radius 3 is 2.79 bits per heavy atom. The molecule has 0 unspecified atom stereocenters. The summed E-state index contributed by atoms with van der Waals surface area (Å²) in [7, 11) is 3.22. The normalized spacial score (nSPS) is 14.1. The summed E-state index contributed by atoms with van der Waals surface area (Å²) in [6, 6.07) is 5.69. The maximum Gasteiger partial charge on any atom is 0.226 e. The van der Waals surface area contributed by atoms with Gasteiger partial charge in [0.05, 0.1) is 26.3 Å². The molecule has 0 atom stereocenters. The summed E-state index contributed by atoms with van der Waals surface area (Å²) in [4.78, 5) is 16.5. The van der Waals surface area contributed by atoms with Crippen molar-refractivity contribution in [2.24, 2.45) is 5.92 Å². The molecular weight excluding hydrogens is 326 g/mol. The summed E-state index contributed by atoms with van der Waals surface area (Å²) in [5.74, 6) is 1.93. The molecule has 2 N–H and O–H groups in total. The van der Waals surface area contributed by atoms with Crippen molar-refractivity contribution in [1.29, 1.82) is 0 Å². The van der Waals surface area contributed by atoms with Crippen molar-refractivity contribution in [2.75, 3.05) is 33.9 Å². The maximum atomic E-state index is 12.0. The molecule has 0 spiro atoms. The lowest BCUT2D eigenvalue weighted by molar-refractivity contribution is -0.120. The molecule has 2 aromatic rings. The molecule has 0 saturated carbocycles. The van der Waals surface area contributed by atoms with Gasteiger partial charge in [-0.3, -0.25) is 4.79 Å². The SMILES string of the molecule is COc1ccc(-c2nc(CC(=O)NCC3CNC3)cs2)cc1OC. The van der Waals surface area contributed by atoms with E-state index in [2.05, 4.69) is 15.6 Å². The fourth-order valence-corrected chi connectivity index (χ4v) is 3.28. The van der Waals surface area contributed by atoms with E-state index in [0.717, 1.165) is 35.9 Å². The highest BCUT2D eigenvalue weighted by Crippen LogP contribution is 2.33. The lowest BCUT2D eigenvalue weighted by atomic mass is 10.0. The molecule has 7 heteroatoms. The lowest BCUT2D eigenvalue weighted by Crippen LogP contribution is -2.48. The van der Waals surface area contributed by atoms with Gasteiger partial charge in [0.15, 0.2) is 11.5 Å². The van der Waals surface area contributed by atoms with Crippen LogP contribution in [-0.2, 0) is 11.2 Å². The van der Waals surface area contributed by atoms with Gasteiger partial charge < -0.3 is 20.1 Å². The van der Waals surface area contributed by atoms with Crippen LogP contribution in [0.5, 0.6) is 11.5 Å². The van der Waals surface area contributed by atoms with Gasteiger partial charge in [0.2, 0.25) is 5.91 Å². The van der Waals surface area contributed by atoms with Crippen LogP contribution in [0.25, 0.3) is 10.6 Å². The number of carbonyl (C=O) groups is 1. The van der Waals surface area contributed by atoms with Crippen LogP contribution in [0.4, 0.5) is 0 Å². The van der Waals surface area contributed by atoms with E-state index >= 15 is 0 Å². The number of hydrogen-bond acceptors (Lipinski definition) is 6. The number of aromatic nitrogens is 1. The number of hydrogen-bond donors (Lipinski definition) is 2. The van der Waals surface area contributed by atoms with Crippen LogP contribution < -0.4 is 20.1 Å². The molecule has 1 amide bonds. The number of nitrogens with one attached hydrogen (secondary N) is 2. The molecule has 1 aliphatic rings. The van der Waals surface area contributed by atoms with Crippen LogP contribution in [0.1, 0.15) is 5.69 Å². The highest BCUT2D eigenvalue weighted by molar-refractivity contribution is 7.13. The minimum atomic E-state index is 0.0195. The predicted molar refractivity (Wildman–Crippen MR) is 93.7 cm³/mol. The Labute approximate surface area is 145 Å². The van der Waals surface area contributed by atoms with Gasteiger partial charge in [0.1, 0.15) is 5.01 Å². The summed E-state index contributed by atoms with van der Waals surface area (Å²) in [5.41, 5.74) is 1.74. The van der Waals surface area contributed by atoms with Gasteiger partial charge in [-0.15, -0.1) is 11.3 Å². The van der Waals surface area contributed by atoms with Crippen LogP contribution in [0, 0.1) is 5.92 Å². The zero-order valence-electron chi connectivity index (χ0n) is 13.8. The number of amides is 1. The summed E-state index contributed by atoms with van der Waals surface area (Å²) in [6.07, 6.45) is 0.309. The number of benzene rings is 1. The summed E-state index contributed by atoms with van der Waals surface area (Å²) in [5, 5.41) is 8.95. The number of rotatable bonds is 7. The topological polar surface area (TPSA) is 72.5 Å². The quantitative estimate of drug-likeness (QED) is 0.798. The number of nitrogens with zero attached hydrogens (tertiary/aromatic N) is 1. The molecule has 0 bridgehead atoms. The average Bonchev–Trinajstić information content (AvgIpc) is 3.01. The van der Waals surface area contributed by atoms with Crippen molar-refractivity contribution in [3.63, 3.8) is 0 Å². The molecule has 1 fully saturated rings. The Kier molecular flexibility index (Phi) is 5.32. The monoisotopic (exact) mass is 347 g/mol. The summed E-state index contributed by atoms with van der Waals surface area (Å²) in [6.45, 7) is 2.71. The van der Waals surface area contributed by atoms with Crippen LogP contribution >= 0.6 is 11.3 Å². The van der Waals surface area contributed by atoms with Gasteiger partial charge in [0, 0.05) is 36.5 Å². The van der Waals surface area contributed by atoms with E-state index in [1.54, 1.807) is 14.2 Å². The van der Waals surface area contributed by atoms with Crippen LogP contribution in [0.15, 0.2) is 23.6 Å². The van der Waals surface area contributed by atoms with E-state index in [1.807, 2.05) is 23.6 Å². The zero-order chi connectivity index (χ0) is 16.9. The molecule has 1 aromatic heterocycles. The van der Waals surface area contributed by atoms with Gasteiger partial charge in [-0.1, -0.05) is 0 Å². The minimum Gasteiger partial charge on any atom is -0.493 e. The minimum absolute atomic E-state index is 0.0195. The van der Waals surface area contributed by atoms with E-state index in [9.17, 15) is 4.79 Å². The van der Waals surface area contributed by atoms with Crippen molar-refractivity contribution >= 4 is 17.2 Å². The van der Waals surface area contributed by atoms with E-state index < -0.39 is 0 Å². The molecule has 1 aromatic carbocycles. The Morgan fingerprint density at radius 1 is 1.33 bits per heavy atom. The van der Waals surface area contributed by atoms with Gasteiger partial charge in [-0.05, 0) is 18.2 Å². The zero-order valence-corrected chi connectivity index (χ0v) is 14.6. The van der Waals surface area contributed by atoms with Crippen molar-refractivity contribution < 1.29 is 14.3 Å². The van der Waals surface area contributed by atoms with Gasteiger partial charge in [0.25, 0.3) is 0 Å². The Morgan fingerprint density at radius 2 is 2.12 bits per heavy atom. The molecule has 24 heavy (non-hydrogen) atoms. The van der Waals surface area contributed by atoms with Crippen LogP contribution in [0.3, 0.4) is 0 Å². The first kappa shape index (κ1) is 16.7. The van der Waals surface area contributed by atoms with Gasteiger partial charge in [-0.2, -0.15) is 0 Å². The largest absolute Gasteiger partial charge is 0.493 e. The van der Waals surface area contributed by atoms with E-state index in [0.29, 0.717) is 23.8 Å². The third-order valence-corrected chi connectivity index (χ3v) is 4.92. The fourth-order valence-electron chi connectivity index (χ4n) is 2.47. The first-order chi connectivity index (χ1) is 11.7. The third-order valence-electron chi connectivity index (χ3n) is 3.98. The highest BCUT2D eigenvalue weighted by Gasteiger charge is 2.17. The number of thiazole rings is 1. The summed E-state index contributed by atoms with van der Waals surface area (Å²) >= 11 is 1.52. The fraction of sp³-hybridized carbons (Fsp3) is 0.412. The predicted octanol–water partition coefficient (Wildman–Crippen LogP) is 1.71. The first-order valence-electron chi connectivity index (χ1n) is 7.84. The van der Waals surface area contributed by atoms with Crippen LogP contribution in [0.2, 0.25) is 0 Å². The molecule has 6 nitrogen and oxygen atoms in total.